The van der Waals surface area contributed by atoms with Crippen molar-refractivity contribution in [2.75, 3.05) is 38.0 Å². The summed E-state index contributed by atoms with van der Waals surface area (Å²) in [4.78, 5) is 36.6. The molecule has 0 aliphatic carbocycles. The molecule has 0 saturated carbocycles. The van der Waals surface area contributed by atoms with E-state index in [9.17, 15) is 26.4 Å². The van der Waals surface area contributed by atoms with Crippen LogP contribution >= 0.6 is 0 Å². The molecular formula is C47H71N5O7S2. The van der Waals surface area contributed by atoms with Crippen LogP contribution in [0.5, 0.6) is 0 Å². The first-order valence-corrected chi connectivity index (χ1v) is 23.7. The molecular weight excluding hydrogens is 811 g/mol. The average molecular weight is 882 g/mol. The molecule has 0 unspecified atom stereocenters. The van der Waals surface area contributed by atoms with E-state index in [4.69, 9.17) is 0 Å². The van der Waals surface area contributed by atoms with Crippen LogP contribution in [0.2, 0.25) is 0 Å². The Hall–Kier alpha value is -4.66. The number of carbonyl (C=O) groups is 2. The van der Waals surface area contributed by atoms with Crippen LogP contribution < -0.4 is 15.1 Å². The van der Waals surface area contributed by atoms with Crippen molar-refractivity contribution in [3.63, 3.8) is 0 Å². The highest BCUT2D eigenvalue weighted by atomic mass is 32.2. The van der Waals surface area contributed by atoms with Crippen LogP contribution in [0.15, 0.2) is 90.1 Å². The SMILES string of the molecule is CC(C)(C)Cc1cccc(S(C)(=O)=O)c1.CN(c1nccnc1CC(C)(C)C)S(C)(=O)=O.CNC(=O)c1ccccc1C(C)(C)C.CONC(=O)c1ccccc1C(C)(C)C. The lowest BCUT2D eigenvalue weighted by Crippen LogP contribution is -2.28. The van der Waals surface area contributed by atoms with Gasteiger partial charge < -0.3 is 5.32 Å². The predicted octanol–water partition coefficient (Wildman–Crippen LogP) is 8.76. The molecule has 0 radical (unpaired) electrons. The third-order valence-electron chi connectivity index (χ3n) is 8.69. The van der Waals surface area contributed by atoms with Crippen molar-refractivity contribution in [1.82, 2.24) is 20.8 Å². The molecule has 61 heavy (non-hydrogen) atoms. The van der Waals surface area contributed by atoms with E-state index in [0.717, 1.165) is 34.9 Å². The minimum absolute atomic E-state index is 0.00308. The van der Waals surface area contributed by atoms with E-state index in [2.05, 4.69) is 109 Å². The fourth-order valence-corrected chi connectivity index (χ4v) is 7.02. The maximum Gasteiger partial charge on any atom is 0.275 e. The molecule has 0 bridgehead atoms. The summed E-state index contributed by atoms with van der Waals surface area (Å²) in [5, 5.41) is 2.65. The zero-order valence-corrected chi connectivity index (χ0v) is 41.1. The molecule has 14 heteroatoms. The minimum atomic E-state index is -3.30. The summed E-state index contributed by atoms with van der Waals surface area (Å²) < 4.78 is 46.9. The second-order valence-corrected chi connectivity index (χ2v) is 23.3. The van der Waals surface area contributed by atoms with Crippen LogP contribution in [0.3, 0.4) is 0 Å². The molecule has 3 aromatic carbocycles. The molecule has 4 aromatic rings. The number of anilines is 1. The van der Waals surface area contributed by atoms with Gasteiger partial charge in [-0.1, -0.05) is 132 Å². The van der Waals surface area contributed by atoms with E-state index in [1.54, 1.807) is 37.5 Å². The normalized spacial score (nSPS) is 12.0. The number of carbonyl (C=O) groups excluding carboxylic acids is 2. The number of hydrogen-bond acceptors (Lipinski definition) is 9. The number of sulfone groups is 1. The molecule has 2 N–H and O–H groups in total. The number of nitrogens with one attached hydrogen (secondary N) is 2. The van der Waals surface area contributed by atoms with Gasteiger partial charge in [-0.2, -0.15) is 0 Å². The first-order valence-electron chi connectivity index (χ1n) is 20.0. The monoisotopic (exact) mass is 881 g/mol. The fourth-order valence-electron chi connectivity index (χ4n) is 5.86. The third-order valence-corrected chi connectivity index (χ3v) is 11.0. The predicted molar refractivity (Wildman–Crippen MR) is 249 cm³/mol. The Kier molecular flexibility index (Phi) is 20.0. The van der Waals surface area contributed by atoms with E-state index in [1.165, 1.54) is 30.9 Å². The number of hydrogen-bond donors (Lipinski definition) is 2. The zero-order chi connectivity index (χ0) is 47.2. The van der Waals surface area contributed by atoms with Gasteiger partial charge in [0.2, 0.25) is 10.0 Å². The lowest BCUT2D eigenvalue weighted by atomic mass is 9.83. The second-order valence-electron chi connectivity index (χ2n) is 19.3. The smallest absolute Gasteiger partial charge is 0.275 e. The molecule has 0 saturated heterocycles. The van der Waals surface area contributed by atoms with Crippen LogP contribution in [-0.4, -0.2) is 72.3 Å². The van der Waals surface area contributed by atoms with Crippen LogP contribution in [0, 0.1) is 10.8 Å². The Balaban J connectivity index is 0.000000408. The molecule has 0 atom stereocenters. The van der Waals surface area contributed by atoms with Gasteiger partial charge in [0.25, 0.3) is 11.8 Å². The summed E-state index contributed by atoms with van der Waals surface area (Å²) in [7, 11) is -1.81. The molecule has 0 aliphatic heterocycles. The van der Waals surface area contributed by atoms with E-state index < -0.39 is 19.9 Å². The molecule has 0 fully saturated rings. The molecule has 1 aromatic heterocycles. The second kappa shape index (κ2) is 22.4. The Morgan fingerprint density at radius 3 is 1.52 bits per heavy atom. The Morgan fingerprint density at radius 2 is 1.11 bits per heavy atom. The summed E-state index contributed by atoms with van der Waals surface area (Å²) in [5.74, 6) is 0.184. The van der Waals surface area contributed by atoms with Gasteiger partial charge in [0, 0.05) is 43.9 Å². The number of rotatable bonds is 8. The number of hydroxylamine groups is 1. The van der Waals surface area contributed by atoms with E-state index in [-0.39, 0.29) is 33.5 Å². The van der Waals surface area contributed by atoms with Gasteiger partial charge in [-0.15, -0.1) is 0 Å². The standard InChI is InChI=1S/C12H17NO2.C12H17NO.C12H18O2S.C11H19N3O2S/c1-12(2,3)10-8-6-5-7-9(10)11(14)13-15-4;1-12(2,3)10-8-6-5-7-9(10)11(14)13-4;1-12(2,3)9-10-6-5-7-11(8-10)15(4,13)14;1-11(2,3)8-9-10(13-7-6-12-9)14(4)17(5,15)16/h5-8H,1-4H3,(H,13,14);5-8H,1-4H3,(H,13,14);5-8H,9H2,1-4H3;6-7H,8H2,1-5H3. The van der Waals surface area contributed by atoms with Crippen molar-refractivity contribution >= 4 is 37.5 Å². The maximum atomic E-state index is 11.7. The summed E-state index contributed by atoms with van der Waals surface area (Å²) >= 11 is 0. The van der Waals surface area contributed by atoms with Gasteiger partial charge >= 0.3 is 0 Å². The van der Waals surface area contributed by atoms with Gasteiger partial charge in [-0.25, -0.2) is 27.3 Å². The molecule has 1 heterocycles. The minimum Gasteiger partial charge on any atom is -0.355 e. The molecule has 2 amide bonds. The molecule has 0 spiro atoms. The van der Waals surface area contributed by atoms with Gasteiger partial charge in [-0.3, -0.25) is 23.7 Å². The highest BCUT2D eigenvalue weighted by Gasteiger charge is 2.23. The molecule has 0 aliphatic rings. The number of nitrogens with zero attached hydrogens (tertiary/aromatic N) is 3. The quantitative estimate of drug-likeness (QED) is 0.165. The average Bonchev–Trinajstić information content (AvgIpc) is 3.13. The van der Waals surface area contributed by atoms with Crippen molar-refractivity contribution in [2.45, 2.75) is 112 Å². The topological polar surface area (TPSA) is 165 Å². The summed E-state index contributed by atoms with van der Waals surface area (Å²) in [5.41, 5.74) is 7.79. The van der Waals surface area contributed by atoms with Gasteiger partial charge in [0.1, 0.15) is 0 Å². The van der Waals surface area contributed by atoms with Crippen molar-refractivity contribution in [3.05, 3.63) is 119 Å². The Bertz CT molecular complexity index is 2270. The van der Waals surface area contributed by atoms with E-state index in [1.807, 2.05) is 48.5 Å². The highest BCUT2D eigenvalue weighted by Crippen LogP contribution is 2.28. The highest BCUT2D eigenvalue weighted by molar-refractivity contribution is 7.92. The first-order chi connectivity index (χ1) is 27.7. The van der Waals surface area contributed by atoms with Gasteiger partial charge in [0.15, 0.2) is 15.7 Å². The zero-order valence-electron chi connectivity index (χ0n) is 39.5. The number of aromatic nitrogens is 2. The van der Waals surface area contributed by atoms with E-state index >= 15 is 0 Å². The van der Waals surface area contributed by atoms with Crippen molar-refractivity contribution < 1.29 is 31.3 Å². The van der Waals surface area contributed by atoms with Crippen LogP contribution in [0.25, 0.3) is 0 Å². The molecule has 12 nitrogen and oxygen atoms in total. The van der Waals surface area contributed by atoms with Crippen LogP contribution in [-0.2, 0) is 48.4 Å². The van der Waals surface area contributed by atoms with Crippen molar-refractivity contribution in [1.29, 1.82) is 0 Å². The lowest BCUT2D eigenvalue weighted by Gasteiger charge is -2.22. The molecule has 338 valence electrons. The van der Waals surface area contributed by atoms with Gasteiger partial charge in [-0.05, 0) is 75.5 Å². The summed E-state index contributed by atoms with van der Waals surface area (Å²) in [6, 6.07) is 22.4. The van der Waals surface area contributed by atoms with E-state index in [0.29, 0.717) is 28.4 Å². The number of benzene rings is 3. The lowest BCUT2D eigenvalue weighted by molar-refractivity contribution is 0.0535. The third kappa shape index (κ3) is 19.7. The summed E-state index contributed by atoms with van der Waals surface area (Å²) in [6.07, 6.45) is 7.04. The maximum absolute atomic E-state index is 11.7. The largest absolute Gasteiger partial charge is 0.355 e. The van der Waals surface area contributed by atoms with Gasteiger partial charge in [0.05, 0.1) is 24.0 Å². The summed E-state index contributed by atoms with van der Waals surface area (Å²) in [6.45, 7) is 25.2. The number of amides is 2. The fraction of sp³-hybridized carbons (Fsp3) is 0.489. The van der Waals surface area contributed by atoms with Crippen molar-refractivity contribution in [3.8, 4) is 0 Å². The Labute approximate surface area is 367 Å². The first kappa shape index (κ1) is 54.4. The van der Waals surface area contributed by atoms with Crippen LogP contribution in [0.1, 0.15) is 126 Å². The van der Waals surface area contributed by atoms with Crippen LogP contribution in [0.4, 0.5) is 5.82 Å². The number of sulfonamides is 1. The molecule has 4 rings (SSSR count). The van der Waals surface area contributed by atoms with Crippen molar-refractivity contribution in [2.24, 2.45) is 10.8 Å². The Morgan fingerprint density at radius 1 is 0.656 bits per heavy atom.